The summed E-state index contributed by atoms with van der Waals surface area (Å²) in [5.41, 5.74) is 0.0379. The molecular formula is C17H11ClFNO4. The Morgan fingerprint density at radius 2 is 2.00 bits per heavy atom. The van der Waals surface area contributed by atoms with Gasteiger partial charge in [-0.05, 0) is 30.3 Å². The highest BCUT2D eigenvalue weighted by atomic mass is 35.5. The number of nitrogens with one attached hydrogen (secondary N) is 1. The van der Waals surface area contributed by atoms with E-state index in [2.05, 4.69) is 5.32 Å². The van der Waals surface area contributed by atoms with Gasteiger partial charge in [0.1, 0.15) is 17.1 Å². The average Bonchev–Trinajstić information content (AvgIpc) is 2.57. The zero-order chi connectivity index (χ0) is 17.3. The van der Waals surface area contributed by atoms with E-state index in [-0.39, 0.29) is 27.5 Å². The standard InChI is InChI=1S/C17H11ClFNO4/c1-23-10-3-4-11-14(21)8-16(24-15(11)7-10)17(22)20-9-2-5-12(18)13(19)6-9/h2-8H,1H3,(H,20,22). The molecule has 0 aliphatic carbocycles. The van der Waals surface area contributed by atoms with Crippen LogP contribution in [0.5, 0.6) is 5.75 Å². The van der Waals surface area contributed by atoms with Crippen molar-refractivity contribution in [2.45, 2.75) is 0 Å². The van der Waals surface area contributed by atoms with Gasteiger partial charge in [0.15, 0.2) is 11.2 Å². The first-order chi connectivity index (χ1) is 11.5. The second-order valence-corrected chi connectivity index (χ2v) is 5.33. The molecule has 7 heteroatoms. The fraction of sp³-hybridized carbons (Fsp3) is 0.0588. The number of amides is 1. The summed E-state index contributed by atoms with van der Waals surface area (Å²) in [4.78, 5) is 24.3. The third kappa shape index (κ3) is 3.09. The summed E-state index contributed by atoms with van der Waals surface area (Å²) in [7, 11) is 1.48. The fourth-order valence-electron chi connectivity index (χ4n) is 2.14. The van der Waals surface area contributed by atoms with Gasteiger partial charge in [0, 0.05) is 17.8 Å². The topological polar surface area (TPSA) is 68.5 Å². The van der Waals surface area contributed by atoms with Gasteiger partial charge in [-0.3, -0.25) is 9.59 Å². The van der Waals surface area contributed by atoms with Crippen molar-refractivity contribution < 1.29 is 18.3 Å². The number of hydrogen-bond acceptors (Lipinski definition) is 4. The van der Waals surface area contributed by atoms with Crippen LogP contribution >= 0.6 is 11.6 Å². The summed E-state index contributed by atoms with van der Waals surface area (Å²) >= 11 is 5.59. The number of rotatable bonds is 3. The van der Waals surface area contributed by atoms with Crippen LogP contribution in [-0.4, -0.2) is 13.0 Å². The summed E-state index contributed by atoms with van der Waals surface area (Å²) in [6.45, 7) is 0. The van der Waals surface area contributed by atoms with E-state index in [1.54, 1.807) is 12.1 Å². The molecule has 3 rings (SSSR count). The van der Waals surface area contributed by atoms with Crippen molar-refractivity contribution >= 4 is 34.2 Å². The number of methoxy groups -OCH3 is 1. The van der Waals surface area contributed by atoms with Crippen molar-refractivity contribution in [3.8, 4) is 5.75 Å². The first-order valence-electron chi connectivity index (χ1n) is 6.86. The molecule has 0 radical (unpaired) electrons. The molecule has 0 aliphatic heterocycles. The Morgan fingerprint density at radius 1 is 1.21 bits per heavy atom. The molecule has 0 saturated carbocycles. The molecule has 1 N–H and O–H groups in total. The number of hydrogen-bond donors (Lipinski definition) is 1. The number of fused-ring (bicyclic) bond motifs is 1. The highest BCUT2D eigenvalue weighted by Crippen LogP contribution is 2.21. The number of carbonyl (C=O) groups is 1. The summed E-state index contributed by atoms with van der Waals surface area (Å²) in [5.74, 6) is -1.06. The molecule has 2 aromatic carbocycles. The highest BCUT2D eigenvalue weighted by molar-refractivity contribution is 6.30. The Balaban J connectivity index is 1.97. The second kappa shape index (κ2) is 6.33. The molecule has 122 valence electrons. The van der Waals surface area contributed by atoms with Crippen LogP contribution in [0.4, 0.5) is 10.1 Å². The van der Waals surface area contributed by atoms with E-state index in [1.165, 1.54) is 25.3 Å². The monoisotopic (exact) mass is 347 g/mol. The lowest BCUT2D eigenvalue weighted by molar-refractivity contribution is 0.0997. The van der Waals surface area contributed by atoms with Crippen molar-refractivity contribution in [3.05, 3.63) is 69.3 Å². The molecule has 5 nitrogen and oxygen atoms in total. The van der Waals surface area contributed by atoms with Gasteiger partial charge in [0.25, 0.3) is 5.91 Å². The molecule has 1 heterocycles. The minimum Gasteiger partial charge on any atom is -0.497 e. The Kier molecular flexibility index (Phi) is 4.22. The molecule has 0 fully saturated rings. The predicted molar refractivity (Wildman–Crippen MR) is 88.4 cm³/mol. The van der Waals surface area contributed by atoms with Crippen molar-refractivity contribution in [1.29, 1.82) is 0 Å². The van der Waals surface area contributed by atoms with Crippen LogP contribution in [0.3, 0.4) is 0 Å². The van der Waals surface area contributed by atoms with E-state index < -0.39 is 11.7 Å². The lowest BCUT2D eigenvalue weighted by Crippen LogP contribution is -2.15. The minimum absolute atomic E-state index is 0.0580. The van der Waals surface area contributed by atoms with E-state index in [0.717, 1.165) is 12.1 Å². The van der Waals surface area contributed by atoms with E-state index >= 15 is 0 Å². The molecule has 0 atom stereocenters. The molecule has 1 aromatic heterocycles. The molecule has 0 saturated heterocycles. The lowest BCUT2D eigenvalue weighted by Gasteiger charge is -2.07. The smallest absolute Gasteiger partial charge is 0.291 e. The quantitative estimate of drug-likeness (QED) is 0.781. The van der Waals surface area contributed by atoms with Crippen molar-refractivity contribution in [1.82, 2.24) is 0 Å². The number of benzene rings is 2. The van der Waals surface area contributed by atoms with Crippen molar-refractivity contribution in [2.24, 2.45) is 0 Å². The van der Waals surface area contributed by atoms with Crippen molar-refractivity contribution in [3.63, 3.8) is 0 Å². The van der Waals surface area contributed by atoms with Gasteiger partial charge in [-0.2, -0.15) is 0 Å². The van der Waals surface area contributed by atoms with Crippen LogP contribution in [0.2, 0.25) is 5.02 Å². The van der Waals surface area contributed by atoms with Gasteiger partial charge in [0.05, 0.1) is 17.5 Å². The molecule has 0 aliphatic rings. The van der Waals surface area contributed by atoms with Crippen molar-refractivity contribution in [2.75, 3.05) is 12.4 Å². The van der Waals surface area contributed by atoms with E-state index in [1.807, 2.05) is 0 Å². The Hall–Kier alpha value is -2.86. The number of ether oxygens (including phenoxy) is 1. The molecule has 0 unspecified atom stereocenters. The van der Waals surface area contributed by atoms with Gasteiger partial charge >= 0.3 is 0 Å². The lowest BCUT2D eigenvalue weighted by atomic mass is 10.2. The van der Waals surface area contributed by atoms with Crippen LogP contribution in [-0.2, 0) is 0 Å². The zero-order valence-corrected chi connectivity index (χ0v) is 13.2. The first kappa shape index (κ1) is 16.0. The molecule has 1 amide bonds. The molecule has 0 bridgehead atoms. The first-order valence-corrected chi connectivity index (χ1v) is 7.24. The van der Waals surface area contributed by atoms with Gasteiger partial charge in [0.2, 0.25) is 0 Å². The number of anilines is 1. The molecule has 24 heavy (non-hydrogen) atoms. The summed E-state index contributed by atoms with van der Waals surface area (Å²) in [6.07, 6.45) is 0. The van der Waals surface area contributed by atoms with Crippen LogP contribution in [0.15, 0.2) is 51.7 Å². The normalized spacial score (nSPS) is 10.6. The van der Waals surface area contributed by atoms with E-state index in [0.29, 0.717) is 11.1 Å². The van der Waals surface area contributed by atoms with Gasteiger partial charge in [-0.1, -0.05) is 11.6 Å². The van der Waals surface area contributed by atoms with Gasteiger partial charge in [-0.15, -0.1) is 0 Å². The highest BCUT2D eigenvalue weighted by Gasteiger charge is 2.14. The molecular weight excluding hydrogens is 337 g/mol. The number of halogens is 2. The largest absolute Gasteiger partial charge is 0.497 e. The summed E-state index contributed by atoms with van der Waals surface area (Å²) in [6, 6.07) is 9.58. The van der Waals surface area contributed by atoms with Crippen LogP contribution in [0.25, 0.3) is 11.0 Å². The third-order valence-corrected chi connectivity index (χ3v) is 3.64. The molecule has 3 aromatic rings. The van der Waals surface area contributed by atoms with Crippen LogP contribution in [0.1, 0.15) is 10.6 Å². The third-order valence-electron chi connectivity index (χ3n) is 3.34. The van der Waals surface area contributed by atoms with E-state index in [4.69, 9.17) is 20.8 Å². The maximum absolute atomic E-state index is 13.4. The van der Waals surface area contributed by atoms with Crippen LogP contribution in [0, 0.1) is 5.82 Å². The fourth-order valence-corrected chi connectivity index (χ4v) is 2.26. The SMILES string of the molecule is COc1ccc2c(=O)cc(C(=O)Nc3ccc(Cl)c(F)c3)oc2c1. The Bertz CT molecular complexity index is 1000. The minimum atomic E-state index is -0.682. The Morgan fingerprint density at radius 3 is 2.71 bits per heavy atom. The Labute approximate surface area is 140 Å². The van der Waals surface area contributed by atoms with Crippen LogP contribution < -0.4 is 15.5 Å². The maximum Gasteiger partial charge on any atom is 0.291 e. The zero-order valence-electron chi connectivity index (χ0n) is 12.4. The van der Waals surface area contributed by atoms with Gasteiger partial charge in [-0.25, -0.2) is 4.39 Å². The predicted octanol–water partition coefficient (Wildman–Crippen LogP) is 3.85. The summed E-state index contributed by atoms with van der Waals surface area (Å²) in [5, 5.41) is 2.71. The average molecular weight is 348 g/mol. The van der Waals surface area contributed by atoms with Gasteiger partial charge < -0.3 is 14.5 Å². The summed E-state index contributed by atoms with van der Waals surface area (Å²) < 4.78 is 23.9. The molecule has 0 spiro atoms. The van der Waals surface area contributed by atoms with E-state index in [9.17, 15) is 14.0 Å². The maximum atomic E-state index is 13.4. The number of carbonyl (C=O) groups excluding carboxylic acids is 1. The second-order valence-electron chi connectivity index (χ2n) is 4.92.